The number of nitrogens with one attached hydrogen (secondary N) is 1. The summed E-state index contributed by atoms with van der Waals surface area (Å²) in [7, 11) is -2.09. The summed E-state index contributed by atoms with van der Waals surface area (Å²) in [5.41, 5.74) is 2.20. The number of aromatic amines is 1. The van der Waals surface area contributed by atoms with Crippen LogP contribution in [0.5, 0.6) is 0 Å². The summed E-state index contributed by atoms with van der Waals surface area (Å²) in [6.07, 6.45) is 0.970. The van der Waals surface area contributed by atoms with E-state index in [4.69, 9.17) is 4.74 Å². The van der Waals surface area contributed by atoms with Crippen LogP contribution >= 0.6 is 0 Å². The summed E-state index contributed by atoms with van der Waals surface area (Å²) in [4.78, 5) is 29.4. The predicted molar refractivity (Wildman–Crippen MR) is 140 cm³/mol. The number of aromatic nitrogens is 1. The Morgan fingerprint density at radius 3 is 2.42 bits per heavy atom. The maximum absolute atomic E-state index is 13.2. The van der Waals surface area contributed by atoms with Gasteiger partial charge in [-0.1, -0.05) is 24.3 Å². The fourth-order valence-corrected chi connectivity index (χ4v) is 5.87. The normalized spacial score (nSPS) is 15.1. The van der Waals surface area contributed by atoms with Gasteiger partial charge in [0.25, 0.3) is 5.56 Å². The predicted octanol–water partition coefficient (Wildman–Crippen LogP) is 4.38. The van der Waals surface area contributed by atoms with Gasteiger partial charge in [0.2, 0.25) is 10.0 Å². The minimum atomic E-state index is -3.68. The Morgan fingerprint density at radius 2 is 1.78 bits per heavy atom. The Morgan fingerprint density at radius 1 is 1.11 bits per heavy atom. The van der Waals surface area contributed by atoms with Crippen LogP contribution in [0, 0.1) is 12.8 Å². The smallest absolute Gasteiger partial charge is 0.410 e. The summed E-state index contributed by atoms with van der Waals surface area (Å²) < 4.78 is 33.0. The zero-order valence-corrected chi connectivity index (χ0v) is 22.0. The average Bonchev–Trinajstić information content (AvgIpc) is 2.84. The number of piperidine rings is 1. The van der Waals surface area contributed by atoms with Crippen molar-refractivity contribution in [2.75, 3.05) is 26.7 Å². The number of fused-ring (bicyclic) bond motifs is 1. The molecular weight excluding hydrogens is 478 g/mol. The van der Waals surface area contributed by atoms with Crippen molar-refractivity contribution in [3.8, 4) is 11.3 Å². The third-order valence-electron chi connectivity index (χ3n) is 6.70. The molecule has 0 unspecified atom stereocenters. The standard InChI is InChI=1S/C27H33N3O5S/c1-18(2)35-27(32)30-14-12-20(13-15-30)17-29(4)36(33,34)22-10-8-21(9-11-22)25-16-24-19(3)6-5-7-23(24)26(31)28-25/h5-11,16,18,20H,12-15,17H2,1-4H3,(H,28,31). The van der Waals surface area contributed by atoms with Crippen molar-refractivity contribution in [1.29, 1.82) is 0 Å². The van der Waals surface area contributed by atoms with E-state index in [1.165, 1.54) is 4.31 Å². The van der Waals surface area contributed by atoms with E-state index in [0.717, 1.165) is 29.4 Å². The van der Waals surface area contributed by atoms with Gasteiger partial charge in [0.15, 0.2) is 0 Å². The topological polar surface area (TPSA) is 99.8 Å². The number of nitrogens with zero attached hydrogens (tertiary/aromatic N) is 2. The molecule has 0 saturated carbocycles. The lowest BCUT2D eigenvalue weighted by molar-refractivity contribution is 0.0643. The summed E-state index contributed by atoms with van der Waals surface area (Å²) in [6.45, 7) is 7.09. The number of pyridine rings is 1. The molecule has 192 valence electrons. The minimum absolute atomic E-state index is 0.163. The molecule has 1 aliphatic heterocycles. The maximum Gasteiger partial charge on any atom is 0.410 e. The molecule has 1 amide bonds. The van der Waals surface area contributed by atoms with Crippen molar-refractivity contribution >= 4 is 26.9 Å². The number of carbonyl (C=O) groups is 1. The first kappa shape index (κ1) is 25.9. The van der Waals surface area contributed by atoms with Gasteiger partial charge in [-0.15, -0.1) is 0 Å². The van der Waals surface area contributed by atoms with E-state index < -0.39 is 10.0 Å². The lowest BCUT2D eigenvalue weighted by atomic mass is 9.97. The second kappa shape index (κ2) is 10.4. The summed E-state index contributed by atoms with van der Waals surface area (Å²) >= 11 is 0. The monoisotopic (exact) mass is 511 g/mol. The number of sulfonamides is 1. The number of hydrogen-bond donors (Lipinski definition) is 1. The zero-order chi connectivity index (χ0) is 26.0. The van der Waals surface area contributed by atoms with E-state index in [2.05, 4.69) is 4.98 Å². The molecule has 1 aromatic heterocycles. The molecule has 36 heavy (non-hydrogen) atoms. The number of hydrogen-bond acceptors (Lipinski definition) is 5. The van der Waals surface area contributed by atoms with Gasteiger partial charge < -0.3 is 14.6 Å². The molecule has 4 rings (SSSR count). The maximum atomic E-state index is 13.2. The first-order valence-corrected chi connectivity index (χ1v) is 13.6. The van der Waals surface area contributed by atoms with Crippen molar-refractivity contribution in [3.63, 3.8) is 0 Å². The second-order valence-electron chi connectivity index (χ2n) is 9.72. The van der Waals surface area contributed by atoms with Gasteiger partial charge in [-0.25, -0.2) is 17.5 Å². The second-order valence-corrected chi connectivity index (χ2v) is 11.8. The van der Waals surface area contributed by atoms with Crippen molar-refractivity contribution in [1.82, 2.24) is 14.2 Å². The summed E-state index contributed by atoms with van der Waals surface area (Å²) in [5.74, 6) is 0.165. The molecule has 0 bridgehead atoms. The SMILES string of the molecule is Cc1cccc2c(=O)[nH]c(-c3ccc(S(=O)(=O)N(C)CC4CCN(C(=O)OC(C)C)CC4)cc3)cc12. The molecule has 0 spiro atoms. The first-order chi connectivity index (χ1) is 17.1. The Labute approximate surface area is 211 Å². The van der Waals surface area contributed by atoms with Crippen molar-refractivity contribution in [3.05, 3.63) is 64.4 Å². The lowest BCUT2D eigenvalue weighted by Gasteiger charge is -2.33. The number of rotatable bonds is 6. The quantitative estimate of drug-likeness (QED) is 0.529. The highest BCUT2D eigenvalue weighted by atomic mass is 32.2. The van der Waals surface area contributed by atoms with Gasteiger partial charge in [0, 0.05) is 37.8 Å². The highest BCUT2D eigenvalue weighted by molar-refractivity contribution is 7.89. The van der Waals surface area contributed by atoms with Gasteiger partial charge in [-0.2, -0.15) is 0 Å². The zero-order valence-electron chi connectivity index (χ0n) is 21.2. The Balaban J connectivity index is 1.44. The van der Waals surface area contributed by atoms with E-state index >= 15 is 0 Å². The van der Waals surface area contributed by atoms with Crippen LogP contribution in [0.15, 0.2) is 58.2 Å². The van der Waals surface area contributed by atoms with E-state index in [9.17, 15) is 18.0 Å². The van der Waals surface area contributed by atoms with Gasteiger partial charge in [0.05, 0.1) is 11.0 Å². The molecule has 0 atom stereocenters. The van der Waals surface area contributed by atoms with E-state index in [-0.39, 0.29) is 28.6 Å². The Hall–Kier alpha value is -3.17. The van der Waals surface area contributed by atoms with Crippen LogP contribution in [0.1, 0.15) is 32.3 Å². The van der Waals surface area contributed by atoms with Crippen LogP contribution in [-0.4, -0.2) is 61.5 Å². The third kappa shape index (κ3) is 5.47. The van der Waals surface area contributed by atoms with Crippen LogP contribution in [0.2, 0.25) is 0 Å². The number of benzene rings is 2. The van der Waals surface area contributed by atoms with Gasteiger partial charge >= 0.3 is 6.09 Å². The van der Waals surface area contributed by atoms with Crippen LogP contribution in [-0.2, 0) is 14.8 Å². The number of carbonyl (C=O) groups excluding carboxylic acids is 1. The van der Waals surface area contributed by atoms with Crippen molar-refractivity contribution < 1.29 is 17.9 Å². The fourth-order valence-electron chi connectivity index (χ4n) is 4.62. The molecule has 1 aliphatic rings. The Bertz CT molecular complexity index is 1410. The molecule has 2 aromatic carbocycles. The highest BCUT2D eigenvalue weighted by Crippen LogP contribution is 2.26. The van der Waals surface area contributed by atoms with Gasteiger partial charge in [-0.05, 0) is 80.3 Å². The van der Waals surface area contributed by atoms with Crippen LogP contribution in [0.3, 0.4) is 0 Å². The third-order valence-corrected chi connectivity index (χ3v) is 8.54. The van der Waals surface area contributed by atoms with E-state index in [0.29, 0.717) is 30.7 Å². The number of aryl methyl sites for hydroxylation is 1. The minimum Gasteiger partial charge on any atom is -0.447 e. The highest BCUT2D eigenvalue weighted by Gasteiger charge is 2.28. The average molecular weight is 512 g/mol. The molecule has 9 heteroatoms. The van der Waals surface area contributed by atoms with E-state index in [1.807, 2.05) is 39.0 Å². The number of ether oxygens (including phenoxy) is 1. The number of H-pyrrole nitrogens is 1. The van der Waals surface area contributed by atoms with E-state index in [1.54, 1.807) is 42.3 Å². The summed E-state index contributed by atoms with van der Waals surface area (Å²) in [5, 5.41) is 1.50. The molecule has 3 aromatic rings. The first-order valence-electron chi connectivity index (χ1n) is 12.2. The van der Waals surface area contributed by atoms with Crippen molar-refractivity contribution in [2.45, 2.75) is 44.6 Å². The summed E-state index contributed by atoms with van der Waals surface area (Å²) in [6, 6.07) is 14.1. The largest absolute Gasteiger partial charge is 0.447 e. The van der Waals surface area contributed by atoms with Crippen LogP contribution in [0.25, 0.3) is 22.0 Å². The Kier molecular flexibility index (Phi) is 7.51. The molecule has 2 heterocycles. The molecular formula is C27H33N3O5S. The van der Waals surface area contributed by atoms with Crippen molar-refractivity contribution in [2.24, 2.45) is 5.92 Å². The molecule has 1 saturated heterocycles. The van der Waals surface area contributed by atoms with Crippen LogP contribution < -0.4 is 5.56 Å². The number of amides is 1. The van der Waals surface area contributed by atoms with Gasteiger partial charge in [-0.3, -0.25) is 4.79 Å². The fraction of sp³-hybridized carbons (Fsp3) is 0.407. The van der Waals surface area contributed by atoms with Crippen LogP contribution in [0.4, 0.5) is 4.79 Å². The number of likely N-dealkylation sites (tertiary alicyclic amines) is 1. The molecule has 1 N–H and O–H groups in total. The molecule has 8 nitrogen and oxygen atoms in total. The molecule has 0 aliphatic carbocycles. The molecule has 1 fully saturated rings. The lowest BCUT2D eigenvalue weighted by Crippen LogP contribution is -2.42. The molecule has 0 radical (unpaired) electrons. The van der Waals surface area contributed by atoms with Gasteiger partial charge in [0.1, 0.15) is 0 Å².